The molecule has 0 aromatic carbocycles. The van der Waals surface area contributed by atoms with Crippen LogP contribution in [0, 0.1) is 5.41 Å². The molecule has 1 aromatic rings. The van der Waals surface area contributed by atoms with E-state index in [1.807, 2.05) is 13.8 Å². The quantitative estimate of drug-likeness (QED) is 0.833. The Labute approximate surface area is 114 Å². The maximum atomic E-state index is 12.0. The SMILES string of the molecule is CC(C)(CCO)CNS(=O)(=O)c1sccc1Br. The van der Waals surface area contributed by atoms with E-state index < -0.39 is 10.0 Å². The number of hydrogen-bond acceptors (Lipinski definition) is 4. The minimum absolute atomic E-state index is 0.0530. The number of aliphatic hydroxyl groups is 1. The first-order valence-electron chi connectivity index (χ1n) is 5.12. The van der Waals surface area contributed by atoms with Gasteiger partial charge in [-0.15, -0.1) is 11.3 Å². The van der Waals surface area contributed by atoms with Crippen LogP contribution in [0.15, 0.2) is 20.1 Å². The molecule has 0 aliphatic heterocycles. The average molecular weight is 342 g/mol. The van der Waals surface area contributed by atoms with E-state index in [2.05, 4.69) is 20.7 Å². The Hall–Kier alpha value is 0.0500. The summed E-state index contributed by atoms with van der Waals surface area (Å²) < 4.78 is 27.4. The van der Waals surface area contributed by atoms with Gasteiger partial charge >= 0.3 is 0 Å². The van der Waals surface area contributed by atoms with Crippen molar-refractivity contribution in [2.24, 2.45) is 5.41 Å². The maximum Gasteiger partial charge on any atom is 0.251 e. The van der Waals surface area contributed by atoms with Crippen molar-refractivity contribution in [1.82, 2.24) is 4.72 Å². The first-order chi connectivity index (χ1) is 7.78. The molecule has 0 unspecified atom stereocenters. The van der Waals surface area contributed by atoms with Gasteiger partial charge in [0.2, 0.25) is 0 Å². The van der Waals surface area contributed by atoms with Crippen LogP contribution in [-0.4, -0.2) is 26.7 Å². The van der Waals surface area contributed by atoms with Gasteiger partial charge < -0.3 is 5.11 Å². The molecule has 0 atom stereocenters. The van der Waals surface area contributed by atoms with Crippen molar-refractivity contribution in [1.29, 1.82) is 0 Å². The van der Waals surface area contributed by atoms with Gasteiger partial charge in [0, 0.05) is 17.6 Å². The highest BCUT2D eigenvalue weighted by Crippen LogP contribution is 2.28. The van der Waals surface area contributed by atoms with Crippen LogP contribution >= 0.6 is 27.3 Å². The molecule has 0 bridgehead atoms. The molecular weight excluding hydrogens is 326 g/mol. The van der Waals surface area contributed by atoms with Gasteiger partial charge in [0.1, 0.15) is 4.21 Å². The molecule has 0 radical (unpaired) electrons. The second-order valence-corrected chi connectivity index (χ2v) is 8.25. The standard InChI is InChI=1S/C10H16BrNO3S2/c1-10(2,4-5-13)7-12-17(14,15)9-8(11)3-6-16-9/h3,6,12-13H,4-5,7H2,1-2H3. The number of halogens is 1. The Bertz CT molecular complexity index is 468. The molecule has 2 N–H and O–H groups in total. The number of aliphatic hydroxyl groups excluding tert-OH is 1. The molecule has 1 heterocycles. The molecule has 4 nitrogen and oxygen atoms in total. The monoisotopic (exact) mass is 341 g/mol. The average Bonchev–Trinajstić information content (AvgIpc) is 2.63. The van der Waals surface area contributed by atoms with E-state index in [9.17, 15) is 8.42 Å². The molecule has 98 valence electrons. The summed E-state index contributed by atoms with van der Waals surface area (Å²) in [5.74, 6) is 0. The van der Waals surface area contributed by atoms with E-state index in [-0.39, 0.29) is 16.2 Å². The third-order valence-corrected chi connectivity index (χ3v) is 6.43. The number of rotatable bonds is 6. The van der Waals surface area contributed by atoms with E-state index >= 15 is 0 Å². The molecule has 0 saturated carbocycles. The zero-order valence-electron chi connectivity index (χ0n) is 9.73. The minimum atomic E-state index is -3.46. The normalized spacial score (nSPS) is 12.9. The fourth-order valence-corrected chi connectivity index (χ4v) is 4.84. The number of sulfonamides is 1. The molecule has 0 spiro atoms. The van der Waals surface area contributed by atoms with E-state index in [1.165, 1.54) is 11.3 Å². The van der Waals surface area contributed by atoms with Gasteiger partial charge in [0.05, 0.1) is 0 Å². The first kappa shape index (κ1) is 15.1. The highest BCUT2D eigenvalue weighted by atomic mass is 79.9. The molecular formula is C10H16BrNO3S2. The Morgan fingerprint density at radius 1 is 1.53 bits per heavy atom. The Morgan fingerprint density at radius 2 is 2.18 bits per heavy atom. The van der Waals surface area contributed by atoms with Crippen LogP contribution in [0.2, 0.25) is 0 Å². The number of hydrogen-bond donors (Lipinski definition) is 2. The predicted molar refractivity (Wildman–Crippen MR) is 72.7 cm³/mol. The fourth-order valence-electron chi connectivity index (χ4n) is 1.22. The van der Waals surface area contributed by atoms with Gasteiger partial charge in [-0.05, 0) is 39.2 Å². The first-order valence-corrected chi connectivity index (χ1v) is 8.28. The van der Waals surface area contributed by atoms with Crippen LogP contribution < -0.4 is 4.72 Å². The largest absolute Gasteiger partial charge is 0.396 e. The molecule has 0 saturated heterocycles. The molecule has 1 aromatic heterocycles. The minimum Gasteiger partial charge on any atom is -0.396 e. The van der Waals surface area contributed by atoms with Gasteiger partial charge in [-0.1, -0.05) is 13.8 Å². The van der Waals surface area contributed by atoms with Gasteiger partial charge in [-0.25, -0.2) is 13.1 Å². The molecule has 17 heavy (non-hydrogen) atoms. The van der Waals surface area contributed by atoms with Crippen LogP contribution in [0.5, 0.6) is 0 Å². The molecule has 0 amide bonds. The third kappa shape index (κ3) is 4.33. The van der Waals surface area contributed by atoms with Crippen LogP contribution in [0.4, 0.5) is 0 Å². The van der Waals surface area contributed by atoms with Crippen molar-refractivity contribution < 1.29 is 13.5 Å². The maximum absolute atomic E-state index is 12.0. The second-order valence-electron chi connectivity index (χ2n) is 4.52. The Morgan fingerprint density at radius 3 is 2.65 bits per heavy atom. The molecule has 7 heteroatoms. The van der Waals surface area contributed by atoms with Crippen molar-refractivity contribution in [3.8, 4) is 0 Å². The summed E-state index contributed by atoms with van der Waals surface area (Å²) in [6.07, 6.45) is 0.557. The second kappa shape index (κ2) is 5.79. The zero-order valence-corrected chi connectivity index (χ0v) is 13.0. The number of thiophene rings is 1. The smallest absolute Gasteiger partial charge is 0.251 e. The van der Waals surface area contributed by atoms with Crippen molar-refractivity contribution >= 4 is 37.3 Å². The summed E-state index contributed by atoms with van der Waals surface area (Å²) >= 11 is 4.38. The van der Waals surface area contributed by atoms with Gasteiger partial charge in [-0.2, -0.15) is 0 Å². The summed E-state index contributed by atoms with van der Waals surface area (Å²) in [6, 6.07) is 1.71. The zero-order chi connectivity index (χ0) is 13.1. The molecule has 1 rings (SSSR count). The van der Waals surface area contributed by atoms with E-state index in [0.717, 1.165) is 0 Å². The van der Waals surface area contributed by atoms with Crippen molar-refractivity contribution in [2.75, 3.05) is 13.2 Å². The lowest BCUT2D eigenvalue weighted by atomic mass is 9.90. The van der Waals surface area contributed by atoms with E-state index in [4.69, 9.17) is 5.11 Å². The lowest BCUT2D eigenvalue weighted by molar-refractivity contribution is 0.213. The Kier molecular flexibility index (Phi) is 5.15. The van der Waals surface area contributed by atoms with Crippen molar-refractivity contribution in [2.45, 2.75) is 24.5 Å². The lowest BCUT2D eigenvalue weighted by Crippen LogP contribution is -2.34. The highest BCUT2D eigenvalue weighted by Gasteiger charge is 2.24. The third-order valence-electron chi connectivity index (χ3n) is 2.36. The summed E-state index contributed by atoms with van der Waals surface area (Å²) in [5.41, 5.74) is -0.258. The molecule has 0 aliphatic rings. The van der Waals surface area contributed by atoms with Crippen LogP contribution in [0.3, 0.4) is 0 Å². The summed E-state index contributed by atoms with van der Waals surface area (Å²) in [6.45, 7) is 4.18. The summed E-state index contributed by atoms with van der Waals surface area (Å²) in [7, 11) is -3.46. The Balaban J connectivity index is 2.73. The lowest BCUT2D eigenvalue weighted by Gasteiger charge is -2.23. The van der Waals surface area contributed by atoms with Gasteiger partial charge in [-0.3, -0.25) is 0 Å². The molecule has 0 fully saturated rings. The van der Waals surface area contributed by atoms with Crippen LogP contribution in [0.1, 0.15) is 20.3 Å². The van der Waals surface area contributed by atoms with E-state index in [0.29, 0.717) is 17.4 Å². The predicted octanol–water partition coefficient (Wildman–Crippen LogP) is 2.20. The highest BCUT2D eigenvalue weighted by molar-refractivity contribution is 9.10. The van der Waals surface area contributed by atoms with Crippen molar-refractivity contribution in [3.05, 3.63) is 15.9 Å². The number of nitrogens with one attached hydrogen (secondary N) is 1. The van der Waals surface area contributed by atoms with Gasteiger partial charge in [0.15, 0.2) is 0 Å². The molecule has 0 aliphatic carbocycles. The summed E-state index contributed by atoms with van der Waals surface area (Å²) in [4.78, 5) is 0. The van der Waals surface area contributed by atoms with Gasteiger partial charge in [0.25, 0.3) is 10.0 Å². The fraction of sp³-hybridized carbons (Fsp3) is 0.600. The topological polar surface area (TPSA) is 66.4 Å². The van der Waals surface area contributed by atoms with Crippen molar-refractivity contribution in [3.63, 3.8) is 0 Å². The van der Waals surface area contributed by atoms with E-state index in [1.54, 1.807) is 11.4 Å². The summed E-state index contributed by atoms with van der Waals surface area (Å²) in [5, 5.41) is 10.6. The van der Waals surface area contributed by atoms with Crippen LogP contribution in [0.25, 0.3) is 0 Å². The van der Waals surface area contributed by atoms with Crippen LogP contribution in [-0.2, 0) is 10.0 Å².